The molecule has 0 bridgehead atoms. The summed E-state index contributed by atoms with van der Waals surface area (Å²) < 4.78 is 0. The summed E-state index contributed by atoms with van der Waals surface area (Å²) in [6.45, 7) is 0. The van der Waals surface area contributed by atoms with Crippen LogP contribution in [0.4, 0.5) is 5.69 Å². The van der Waals surface area contributed by atoms with Gasteiger partial charge >= 0.3 is 0 Å². The number of hydrogen-bond donors (Lipinski definition) is 1. The van der Waals surface area contributed by atoms with E-state index in [0.29, 0.717) is 6.04 Å². The summed E-state index contributed by atoms with van der Waals surface area (Å²) in [7, 11) is 0. The summed E-state index contributed by atoms with van der Waals surface area (Å²) >= 11 is 6.15. The topological polar surface area (TPSA) is 24.9 Å². The molecule has 1 aliphatic rings. The molecule has 2 heterocycles. The summed E-state index contributed by atoms with van der Waals surface area (Å²) in [4.78, 5) is 4.02. The molecular formula is C15H15ClN2. The van der Waals surface area contributed by atoms with E-state index in [1.807, 2.05) is 6.07 Å². The van der Waals surface area contributed by atoms with Crippen LogP contribution in [-0.4, -0.2) is 11.0 Å². The van der Waals surface area contributed by atoms with Crippen LogP contribution >= 0.6 is 11.6 Å². The van der Waals surface area contributed by atoms with Crippen LogP contribution in [0.2, 0.25) is 5.02 Å². The minimum Gasteiger partial charge on any atom is -0.382 e. The van der Waals surface area contributed by atoms with E-state index in [9.17, 15) is 0 Å². The molecule has 0 amide bonds. The lowest BCUT2D eigenvalue weighted by Gasteiger charge is -2.27. The van der Waals surface area contributed by atoms with Crippen molar-refractivity contribution in [3.63, 3.8) is 0 Å². The number of nitrogens with zero attached hydrogens (tertiary/aromatic N) is 1. The number of nitrogens with one attached hydrogen (secondary N) is 1. The average molecular weight is 259 g/mol. The maximum Gasteiger partial charge on any atom is 0.0622 e. The predicted molar refractivity (Wildman–Crippen MR) is 75.1 cm³/mol. The Morgan fingerprint density at radius 2 is 2.17 bits per heavy atom. The minimum absolute atomic E-state index is 0.458. The van der Waals surface area contributed by atoms with Gasteiger partial charge in [0, 0.05) is 24.1 Å². The quantitative estimate of drug-likeness (QED) is 0.888. The largest absolute Gasteiger partial charge is 0.382 e. The molecule has 2 aromatic rings. The van der Waals surface area contributed by atoms with E-state index < -0.39 is 0 Å². The lowest BCUT2D eigenvalue weighted by Crippen LogP contribution is -2.27. The van der Waals surface area contributed by atoms with E-state index in [1.54, 1.807) is 12.4 Å². The first-order valence-corrected chi connectivity index (χ1v) is 6.63. The van der Waals surface area contributed by atoms with Gasteiger partial charge in [-0.05, 0) is 42.5 Å². The van der Waals surface area contributed by atoms with Crippen LogP contribution in [0.25, 0.3) is 0 Å². The van der Waals surface area contributed by atoms with Gasteiger partial charge < -0.3 is 5.32 Å². The molecule has 1 aliphatic heterocycles. The lowest BCUT2D eigenvalue weighted by atomic mass is 9.94. The van der Waals surface area contributed by atoms with E-state index in [4.69, 9.17) is 11.6 Å². The van der Waals surface area contributed by atoms with Gasteiger partial charge in [-0.25, -0.2) is 0 Å². The van der Waals surface area contributed by atoms with Crippen molar-refractivity contribution < 1.29 is 0 Å². The highest BCUT2D eigenvalue weighted by Crippen LogP contribution is 2.27. The van der Waals surface area contributed by atoms with E-state index in [2.05, 4.69) is 34.6 Å². The van der Waals surface area contributed by atoms with Crippen molar-refractivity contribution in [2.24, 2.45) is 0 Å². The smallest absolute Gasteiger partial charge is 0.0622 e. The number of aryl methyl sites for hydroxylation is 1. The van der Waals surface area contributed by atoms with Crippen molar-refractivity contribution >= 4 is 17.3 Å². The van der Waals surface area contributed by atoms with Crippen LogP contribution < -0.4 is 5.32 Å². The van der Waals surface area contributed by atoms with Gasteiger partial charge in [0.05, 0.1) is 5.02 Å². The number of fused-ring (bicyclic) bond motifs is 1. The number of hydrogen-bond acceptors (Lipinski definition) is 2. The number of aromatic nitrogens is 1. The van der Waals surface area contributed by atoms with Gasteiger partial charge in [0.1, 0.15) is 0 Å². The molecule has 2 nitrogen and oxygen atoms in total. The van der Waals surface area contributed by atoms with E-state index in [0.717, 1.165) is 24.3 Å². The second-order valence-electron chi connectivity index (χ2n) is 4.71. The highest BCUT2D eigenvalue weighted by atomic mass is 35.5. The average Bonchev–Trinajstić information content (AvgIpc) is 2.41. The zero-order chi connectivity index (χ0) is 12.4. The maximum absolute atomic E-state index is 6.15. The summed E-state index contributed by atoms with van der Waals surface area (Å²) in [6, 6.07) is 11.0. The van der Waals surface area contributed by atoms with Gasteiger partial charge in [0.25, 0.3) is 0 Å². The number of para-hydroxylation sites is 1. The van der Waals surface area contributed by atoms with Gasteiger partial charge in [-0.1, -0.05) is 29.8 Å². The van der Waals surface area contributed by atoms with Crippen LogP contribution in [0.15, 0.2) is 42.7 Å². The first kappa shape index (κ1) is 11.5. The molecule has 18 heavy (non-hydrogen) atoms. The number of rotatable bonds is 2. The maximum atomic E-state index is 6.15. The summed E-state index contributed by atoms with van der Waals surface area (Å²) in [5.74, 6) is 0. The molecule has 92 valence electrons. The fourth-order valence-electron chi connectivity index (χ4n) is 2.49. The number of pyridine rings is 1. The molecule has 3 heteroatoms. The summed E-state index contributed by atoms with van der Waals surface area (Å²) in [6.07, 6.45) is 6.76. The van der Waals surface area contributed by atoms with Crippen molar-refractivity contribution in [3.8, 4) is 0 Å². The van der Waals surface area contributed by atoms with E-state index in [-0.39, 0.29) is 0 Å². The molecule has 0 spiro atoms. The Kier molecular flexibility index (Phi) is 3.20. The van der Waals surface area contributed by atoms with Crippen molar-refractivity contribution in [2.75, 3.05) is 5.32 Å². The van der Waals surface area contributed by atoms with Crippen LogP contribution in [0.5, 0.6) is 0 Å². The van der Waals surface area contributed by atoms with Gasteiger partial charge in [-0.15, -0.1) is 0 Å². The molecule has 1 unspecified atom stereocenters. The van der Waals surface area contributed by atoms with Crippen LogP contribution in [0.3, 0.4) is 0 Å². The Balaban J connectivity index is 1.75. The standard InChI is InChI=1S/C15H15ClN2/c16-14-10-17-8-7-12(14)9-13-6-5-11-3-1-2-4-15(11)18-13/h1-4,7-8,10,13,18H,5-6,9H2. The zero-order valence-electron chi connectivity index (χ0n) is 10.1. The molecule has 1 N–H and O–H groups in total. The molecule has 0 saturated carbocycles. The SMILES string of the molecule is Clc1cnccc1CC1CCc2ccccc2N1. The third kappa shape index (κ3) is 2.34. The molecule has 0 fully saturated rings. The molecule has 0 radical (unpaired) electrons. The molecule has 1 aromatic heterocycles. The summed E-state index contributed by atoms with van der Waals surface area (Å²) in [5, 5.41) is 4.36. The Labute approximate surface area is 112 Å². The van der Waals surface area contributed by atoms with Crippen LogP contribution in [-0.2, 0) is 12.8 Å². The molecular weight excluding hydrogens is 244 g/mol. The normalized spacial score (nSPS) is 17.9. The Hall–Kier alpha value is -1.54. The monoisotopic (exact) mass is 258 g/mol. The molecule has 1 atom stereocenters. The third-order valence-corrected chi connectivity index (χ3v) is 3.80. The van der Waals surface area contributed by atoms with E-state index in [1.165, 1.54) is 16.8 Å². The highest BCUT2D eigenvalue weighted by molar-refractivity contribution is 6.31. The van der Waals surface area contributed by atoms with Crippen LogP contribution in [0, 0.1) is 0 Å². The minimum atomic E-state index is 0.458. The van der Waals surface area contributed by atoms with Crippen LogP contribution in [0.1, 0.15) is 17.5 Å². The number of benzene rings is 1. The second kappa shape index (κ2) is 4.99. The van der Waals surface area contributed by atoms with Crippen molar-refractivity contribution in [3.05, 3.63) is 58.9 Å². The second-order valence-corrected chi connectivity index (χ2v) is 5.12. The fraction of sp³-hybridized carbons (Fsp3) is 0.267. The Morgan fingerprint density at radius 1 is 1.28 bits per heavy atom. The summed E-state index contributed by atoms with van der Waals surface area (Å²) in [5.41, 5.74) is 3.84. The highest BCUT2D eigenvalue weighted by Gasteiger charge is 2.18. The fourth-order valence-corrected chi connectivity index (χ4v) is 2.69. The van der Waals surface area contributed by atoms with Gasteiger partial charge in [-0.3, -0.25) is 4.98 Å². The first-order chi connectivity index (χ1) is 8.83. The molecule has 3 rings (SSSR count). The lowest BCUT2D eigenvalue weighted by molar-refractivity contribution is 0.628. The first-order valence-electron chi connectivity index (χ1n) is 6.26. The van der Waals surface area contributed by atoms with Crippen molar-refractivity contribution in [1.29, 1.82) is 0 Å². The van der Waals surface area contributed by atoms with Crippen molar-refractivity contribution in [1.82, 2.24) is 4.98 Å². The van der Waals surface area contributed by atoms with Gasteiger partial charge in [0.15, 0.2) is 0 Å². The molecule has 0 saturated heterocycles. The predicted octanol–water partition coefficient (Wildman–Crippen LogP) is 3.70. The van der Waals surface area contributed by atoms with Crippen molar-refractivity contribution in [2.45, 2.75) is 25.3 Å². The zero-order valence-corrected chi connectivity index (χ0v) is 10.8. The number of halogens is 1. The van der Waals surface area contributed by atoms with E-state index >= 15 is 0 Å². The number of anilines is 1. The van der Waals surface area contributed by atoms with Gasteiger partial charge in [-0.2, -0.15) is 0 Å². The third-order valence-electron chi connectivity index (χ3n) is 3.46. The molecule has 0 aliphatic carbocycles. The Morgan fingerprint density at radius 3 is 3.06 bits per heavy atom. The molecule has 1 aromatic carbocycles. The Bertz CT molecular complexity index is 554. The van der Waals surface area contributed by atoms with Gasteiger partial charge in [0.2, 0.25) is 0 Å².